The van der Waals surface area contributed by atoms with Crippen molar-refractivity contribution in [1.29, 1.82) is 0 Å². The van der Waals surface area contributed by atoms with Crippen LogP contribution in [0.5, 0.6) is 0 Å². The summed E-state index contributed by atoms with van der Waals surface area (Å²) in [5.74, 6) is -1.48. The van der Waals surface area contributed by atoms with Gasteiger partial charge in [-0.3, -0.25) is 19.3 Å². The predicted octanol–water partition coefficient (Wildman–Crippen LogP) is 1.04. The van der Waals surface area contributed by atoms with Gasteiger partial charge in [-0.2, -0.15) is 0 Å². The molecule has 0 radical (unpaired) electrons. The lowest BCUT2D eigenvalue weighted by atomic mass is 10.1. The number of piperazine rings is 1. The summed E-state index contributed by atoms with van der Waals surface area (Å²) < 4.78 is 0. The number of para-hydroxylation sites is 1. The zero-order chi connectivity index (χ0) is 15.4. The molecule has 1 aliphatic heterocycles. The molecule has 112 valence electrons. The van der Waals surface area contributed by atoms with Gasteiger partial charge < -0.3 is 10.0 Å². The molecule has 6 nitrogen and oxygen atoms in total. The maximum Gasteiger partial charge on any atom is 0.303 e. The second-order valence-corrected chi connectivity index (χ2v) is 5.08. The van der Waals surface area contributed by atoms with Crippen LogP contribution in [0.15, 0.2) is 24.3 Å². The summed E-state index contributed by atoms with van der Waals surface area (Å²) in [5.41, 5.74) is 1.89. The molecule has 1 N–H and O–H groups in total. The third kappa shape index (κ3) is 3.59. The highest BCUT2D eigenvalue weighted by Gasteiger charge is 2.31. The number of rotatable bonds is 5. The van der Waals surface area contributed by atoms with E-state index in [0.717, 1.165) is 16.2 Å². The van der Waals surface area contributed by atoms with Crippen LogP contribution >= 0.6 is 0 Å². The van der Waals surface area contributed by atoms with Crippen molar-refractivity contribution in [3.8, 4) is 0 Å². The minimum Gasteiger partial charge on any atom is -0.481 e. The fourth-order valence-corrected chi connectivity index (χ4v) is 2.42. The van der Waals surface area contributed by atoms with Crippen LogP contribution in [0.2, 0.25) is 0 Å². The van der Waals surface area contributed by atoms with E-state index in [1.165, 1.54) is 0 Å². The molecule has 6 heteroatoms. The van der Waals surface area contributed by atoms with Crippen LogP contribution in [-0.4, -0.2) is 47.4 Å². The molecule has 1 aromatic carbocycles. The van der Waals surface area contributed by atoms with Crippen LogP contribution in [0, 0.1) is 6.92 Å². The number of nitrogens with zero attached hydrogens (tertiary/aromatic N) is 2. The van der Waals surface area contributed by atoms with E-state index in [9.17, 15) is 14.4 Å². The van der Waals surface area contributed by atoms with E-state index in [1.54, 1.807) is 4.90 Å². The van der Waals surface area contributed by atoms with Crippen LogP contribution in [0.4, 0.5) is 5.69 Å². The fraction of sp³-hybridized carbons (Fsp3) is 0.400. The second-order valence-electron chi connectivity index (χ2n) is 5.08. The van der Waals surface area contributed by atoms with E-state index < -0.39 is 5.97 Å². The highest BCUT2D eigenvalue weighted by Crippen LogP contribution is 2.21. The number of carbonyl (C=O) groups excluding carboxylic acids is 2. The summed E-state index contributed by atoms with van der Waals surface area (Å²) in [5, 5.41) is 8.60. The van der Waals surface area contributed by atoms with Crippen LogP contribution < -0.4 is 4.90 Å². The monoisotopic (exact) mass is 290 g/mol. The normalized spacial score (nSPS) is 15.5. The Balaban J connectivity index is 2.02. The minimum absolute atomic E-state index is 0.0431. The third-order valence-electron chi connectivity index (χ3n) is 3.48. The Kier molecular flexibility index (Phi) is 4.57. The van der Waals surface area contributed by atoms with E-state index in [-0.39, 0.29) is 44.3 Å². The van der Waals surface area contributed by atoms with E-state index in [1.807, 2.05) is 31.2 Å². The van der Waals surface area contributed by atoms with Crippen molar-refractivity contribution in [2.45, 2.75) is 19.8 Å². The lowest BCUT2D eigenvalue weighted by molar-refractivity contribution is -0.146. The highest BCUT2D eigenvalue weighted by atomic mass is 16.4. The van der Waals surface area contributed by atoms with Crippen molar-refractivity contribution < 1.29 is 19.5 Å². The molecule has 0 aromatic heterocycles. The number of hydrogen-bond donors (Lipinski definition) is 1. The Morgan fingerprint density at radius 1 is 1.19 bits per heavy atom. The maximum absolute atomic E-state index is 12.1. The number of amides is 2. The van der Waals surface area contributed by atoms with Crippen LogP contribution in [0.3, 0.4) is 0 Å². The molecule has 1 saturated heterocycles. The molecule has 2 rings (SSSR count). The smallest absolute Gasteiger partial charge is 0.303 e. The number of carbonyl (C=O) groups is 3. The summed E-state index contributed by atoms with van der Waals surface area (Å²) in [7, 11) is 0. The van der Waals surface area contributed by atoms with Gasteiger partial charge in [-0.1, -0.05) is 18.2 Å². The Morgan fingerprint density at radius 2 is 1.81 bits per heavy atom. The number of aryl methyl sites for hydroxylation is 1. The highest BCUT2D eigenvalue weighted by molar-refractivity contribution is 6.02. The molecule has 1 aromatic rings. The fourth-order valence-electron chi connectivity index (χ4n) is 2.42. The zero-order valence-electron chi connectivity index (χ0n) is 11.9. The van der Waals surface area contributed by atoms with E-state index in [4.69, 9.17) is 5.11 Å². The van der Waals surface area contributed by atoms with Crippen molar-refractivity contribution in [2.24, 2.45) is 0 Å². The van der Waals surface area contributed by atoms with Crippen LogP contribution in [-0.2, 0) is 14.4 Å². The Bertz CT molecular complexity index is 553. The summed E-state index contributed by atoms with van der Waals surface area (Å²) >= 11 is 0. The SMILES string of the molecule is Cc1ccccc1N1CC(=O)N(CCCC(=O)O)C(=O)C1. The first-order chi connectivity index (χ1) is 9.99. The van der Waals surface area contributed by atoms with Crippen LogP contribution in [0.25, 0.3) is 0 Å². The average molecular weight is 290 g/mol. The molecule has 0 spiro atoms. The maximum atomic E-state index is 12.1. The summed E-state index contributed by atoms with van der Waals surface area (Å²) in [6.45, 7) is 2.39. The Labute approximate surface area is 123 Å². The topological polar surface area (TPSA) is 77.9 Å². The number of imide groups is 1. The summed E-state index contributed by atoms with van der Waals surface area (Å²) in [4.78, 5) is 37.6. The van der Waals surface area contributed by atoms with Gasteiger partial charge in [0.05, 0.1) is 13.1 Å². The number of carboxylic acid groups (broad SMARTS) is 1. The molecule has 21 heavy (non-hydrogen) atoms. The molecule has 1 aliphatic rings. The molecule has 0 bridgehead atoms. The first-order valence-corrected chi connectivity index (χ1v) is 6.84. The largest absolute Gasteiger partial charge is 0.481 e. The minimum atomic E-state index is -0.923. The van der Waals surface area contributed by atoms with Gasteiger partial charge in [-0.05, 0) is 25.0 Å². The van der Waals surface area contributed by atoms with Crippen LogP contribution in [0.1, 0.15) is 18.4 Å². The number of benzene rings is 1. The predicted molar refractivity (Wildman–Crippen MR) is 77.0 cm³/mol. The molecule has 0 aliphatic carbocycles. The zero-order valence-corrected chi connectivity index (χ0v) is 11.9. The summed E-state index contributed by atoms with van der Waals surface area (Å²) in [6, 6.07) is 7.60. The van der Waals surface area contributed by atoms with Gasteiger partial charge in [0.15, 0.2) is 0 Å². The lowest BCUT2D eigenvalue weighted by Gasteiger charge is -2.34. The van der Waals surface area contributed by atoms with Crippen molar-refractivity contribution >= 4 is 23.5 Å². The third-order valence-corrected chi connectivity index (χ3v) is 3.48. The van der Waals surface area contributed by atoms with E-state index in [2.05, 4.69) is 0 Å². The van der Waals surface area contributed by atoms with E-state index in [0.29, 0.717) is 0 Å². The van der Waals surface area contributed by atoms with Gasteiger partial charge >= 0.3 is 5.97 Å². The number of aliphatic carboxylic acids is 1. The van der Waals surface area contributed by atoms with Crippen molar-refractivity contribution in [3.05, 3.63) is 29.8 Å². The van der Waals surface area contributed by atoms with Crippen molar-refractivity contribution in [1.82, 2.24) is 4.90 Å². The number of hydrogen-bond acceptors (Lipinski definition) is 4. The second kappa shape index (κ2) is 6.39. The molecule has 0 saturated carbocycles. The van der Waals surface area contributed by atoms with Gasteiger partial charge in [0.25, 0.3) is 0 Å². The molecular weight excluding hydrogens is 272 g/mol. The van der Waals surface area contributed by atoms with Gasteiger partial charge in [-0.15, -0.1) is 0 Å². The lowest BCUT2D eigenvalue weighted by Crippen LogP contribution is -2.54. The molecule has 0 unspecified atom stereocenters. The molecule has 1 fully saturated rings. The van der Waals surface area contributed by atoms with Gasteiger partial charge in [0.2, 0.25) is 11.8 Å². The Morgan fingerprint density at radius 3 is 2.38 bits per heavy atom. The van der Waals surface area contributed by atoms with Crippen molar-refractivity contribution in [3.63, 3.8) is 0 Å². The first-order valence-electron chi connectivity index (χ1n) is 6.84. The van der Waals surface area contributed by atoms with E-state index >= 15 is 0 Å². The first kappa shape index (κ1) is 15.0. The molecule has 0 atom stereocenters. The average Bonchev–Trinajstić information content (AvgIpc) is 2.42. The number of anilines is 1. The molecule has 1 heterocycles. The molecule has 2 amide bonds. The van der Waals surface area contributed by atoms with Crippen molar-refractivity contribution in [2.75, 3.05) is 24.5 Å². The van der Waals surface area contributed by atoms with Gasteiger partial charge in [0.1, 0.15) is 0 Å². The molecular formula is C15H18N2O4. The quantitative estimate of drug-likeness (QED) is 0.820. The van der Waals surface area contributed by atoms with Gasteiger partial charge in [-0.25, -0.2) is 0 Å². The standard InChI is InChI=1S/C15H18N2O4/c1-11-5-2-3-6-12(11)16-9-13(18)17(14(19)10-16)8-4-7-15(20)21/h2-3,5-6H,4,7-10H2,1H3,(H,20,21). The Hall–Kier alpha value is -2.37. The number of carboxylic acids is 1. The van der Waals surface area contributed by atoms with Gasteiger partial charge in [0, 0.05) is 18.7 Å². The summed E-state index contributed by atoms with van der Waals surface area (Å²) in [6.07, 6.45) is 0.246.